The summed E-state index contributed by atoms with van der Waals surface area (Å²) in [5.41, 5.74) is 4.20. The van der Waals surface area contributed by atoms with Crippen LogP contribution in [0.5, 0.6) is 0 Å². The molecule has 4 rings (SSSR count). The topological polar surface area (TPSA) is 56.0 Å². The van der Waals surface area contributed by atoms with E-state index < -0.39 is 0 Å². The second kappa shape index (κ2) is 6.32. The molecule has 3 heterocycles. The fourth-order valence-corrected chi connectivity index (χ4v) is 4.14. The quantitative estimate of drug-likeness (QED) is 0.840. The van der Waals surface area contributed by atoms with Gasteiger partial charge in [0.1, 0.15) is 0 Å². The summed E-state index contributed by atoms with van der Waals surface area (Å²) in [6, 6.07) is 2.25. The van der Waals surface area contributed by atoms with Gasteiger partial charge in [-0.25, -0.2) is 0 Å². The van der Waals surface area contributed by atoms with E-state index in [1.807, 2.05) is 22.6 Å². The van der Waals surface area contributed by atoms with Crippen LogP contribution in [0.15, 0.2) is 12.3 Å². The van der Waals surface area contributed by atoms with Crippen molar-refractivity contribution in [1.29, 1.82) is 0 Å². The number of hydrogen-bond acceptors (Lipinski definition) is 3. The van der Waals surface area contributed by atoms with Gasteiger partial charge in [-0.05, 0) is 52.5 Å². The first-order chi connectivity index (χ1) is 12.1. The maximum absolute atomic E-state index is 13.1. The molecule has 0 unspecified atom stereocenters. The van der Waals surface area contributed by atoms with Crippen LogP contribution in [0.2, 0.25) is 0 Å². The summed E-state index contributed by atoms with van der Waals surface area (Å²) < 4.78 is 4.14. The predicted molar refractivity (Wildman–Crippen MR) is 95.6 cm³/mol. The van der Waals surface area contributed by atoms with Crippen molar-refractivity contribution in [3.05, 3.63) is 34.9 Å². The van der Waals surface area contributed by atoms with E-state index in [1.165, 1.54) is 12.8 Å². The van der Waals surface area contributed by atoms with E-state index in [-0.39, 0.29) is 11.9 Å². The normalized spacial score (nSPS) is 20.4. The lowest BCUT2D eigenvalue weighted by Crippen LogP contribution is -2.38. The van der Waals surface area contributed by atoms with E-state index in [0.717, 1.165) is 55.1 Å². The van der Waals surface area contributed by atoms with Crippen LogP contribution in [0.4, 0.5) is 0 Å². The molecule has 0 radical (unpaired) electrons. The summed E-state index contributed by atoms with van der Waals surface area (Å²) in [6.07, 6.45) is 6.64. The van der Waals surface area contributed by atoms with E-state index in [9.17, 15) is 4.79 Å². The van der Waals surface area contributed by atoms with Crippen LogP contribution < -0.4 is 0 Å². The van der Waals surface area contributed by atoms with Gasteiger partial charge >= 0.3 is 0 Å². The minimum absolute atomic E-state index is 0.165. The van der Waals surface area contributed by atoms with Crippen LogP contribution in [0.3, 0.4) is 0 Å². The number of aromatic nitrogens is 4. The van der Waals surface area contributed by atoms with Gasteiger partial charge < -0.3 is 9.47 Å². The van der Waals surface area contributed by atoms with Crippen LogP contribution in [0.1, 0.15) is 66.0 Å². The van der Waals surface area contributed by atoms with Gasteiger partial charge in [-0.3, -0.25) is 9.48 Å². The van der Waals surface area contributed by atoms with Crippen LogP contribution >= 0.6 is 0 Å². The molecule has 2 fully saturated rings. The number of carbonyl (C=O) groups excluding carboxylic acids is 1. The molecule has 1 atom stereocenters. The number of amides is 1. The Morgan fingerprint density at radius 1 is 1.28 bits per heavy atom. The molecule has 1 aliphatic carbocycles. The molecule has 134 valence electrons. The molecule has 1 aliphatic heterocycles. The maximum atomic E-state index is 13.1. The molecule has 0 aromatic carbocycles. The number of carbonyl (C=O) groups is 1. The van der Waals surface area contributed by atoms with Gasteiger partial charge in [-0.1, -0.05) is 5.21 Å². The molecule has 2 aliphatic rings. The summed E-state index contributed by atoms with van der Waals surface area (Å²) >= 11 is 0. The van der Waals surface area contributed by atoms with E-state index in [1.54, 1.807) is 0 Å². The van der Waals surface area contributed by atoms with Crippen molar-refractivity contribution < 1.29 is 4.79 Å². The Morgan fingerprint density at radius 2 is 2.08 bits per heavy atom. The second-order valence-electron chi connectivity index (χ2n) is 7.46. The number of aryl methyl sites for hydroxylation is 1. The average Bonchev–Trinajstić information content (AvgIpc) is 3.04. The summed E-state index contributed by atoms with van der Waals surface area (Å²) in [5.74, 6) is 0.785. The fourth-order valence-electron chi connectivity index (χ4n) is 4.14. The Morgan fingerprint density at radius 3 is 2.76 bits per heavy atom. The first-order valence-electron chi connectivity index (χ1n) is 9.46. The second-order valence-corrected chi connectivity index (χ2v) is 7.46. The monoisotopic (exact) mass is 341 g/mol. The Hall–Kier alpha value is -2.11. The highest BCUT2D eigenvalue weighted by Gasteiger charge is 2.32. The molecule has 25 heavy (non-hydrogen) atoms. The van der Waals surface area contributed by atoms with Gasteiger partial charge in [0.05, 0.1) is 23.8 Å². The third-order valence-corrected chi connectivity index (χ3v) is 5.71. The van der Waals surface area contributed by atoms with Crippen molar-refractivity contribution in [3.8, 4) is 0 Å². The third-order valence-electron chi connectivity index (χ3n) is 5.71. The van der Waals surface area contributed by atoms with E-state index in [0.29, 0.717) is 5.92 Å². The van der Waals surface area contributed by atoms with Crippen molar-refractivity contribution >= 4 is 5.91 Å². The molecule has 0 bridgehead atoms. The fraction of sp³-hybridized carbons (Fsp3) is 0.632. The lowest BCUT2D eigenvalue weighted by atomic mass is 10.1. The highest BCUT2D eigenvalue weighted by Crippen LogP contribution is 2.38. The Labute approximate surface area is 148 Å². The first kappa shape index (κ1) is 16.4. The van der Waals surface area contributed by atoms with Crippen molar-refractivity contribution in [2.75, 3.05) is 6.54 Å². The maximum Gasteiger partial charge on any atom is 0.255 e. The molecule has 2 aromatic rings. The predicted octanol–water partition coefficient (Wildman–Crippen LogP) is 2.90. The van der Waals surface area contributed by atoms with Gasteiger partial charge in [0, 0.05) is 36.6 Å². The lowest BCUT2D eigenvalue weighted by Gasteiger charge is -2.24. The molecular formula is C19H27N5O. The zero-order chi connectivity index (χ0) is 17.6. The van der Waals surface area contributed by atoms with Crippen LogP contribution in [0.25, 0.3) is 0 Å². The average molecular weight is 341 g/mol. The van der Waals surface area contributed by atoms with Crippen LogP contribution in [-0.2, 0) is 13.1 Å². The van der Waals surface area contributed by atoms with Gasteiger partial charge in [0.2, 0.25) is 0 Å². The van der Waals surface area contributed by atoms with Gasteiger partial charge in [-0.15, -0.1) is 5.10 Å². The lowest BCUT2D eigenvalue weighted by molar-refractivity contribution is 0.0720. The van der Waals surface area contributed by atoms with Crippen LogP contribution in [-0.4, -0.2) is 43.0 Å². The Kier molecular flexibility index (Phi) is 4.13. The highest BCUT2D eigenvalue weighted by atomic mass is 16.2. The molecule has 1 saturated heterocycles. The SMILES string of the molecule is CCn1c(C)cc(C(=O)N2CCC[C@H]2Cn2cc(C3CC3)nn2)c1C. The zero-order valence-electron chi connectivity index (χ0n) is 15.4. The smallest absolute Gasteiger partial charge is 0.255 e. The van der Waals surface area contributed by atoms with Crippen LogP contribution in [0, 0.1) is 13.8 Å². The first-order valence-corrected chi connectivity index (χ1v) is 9.46. The minimum Gasteiger partial charge on any atom is -0.349 e. The third kappa shape index (κ3) is 2.98. The molecule has 1 amide bonds. The highest BCUT2D eigenvalue weighted by molar-refractivity contribution is 5.96. The zero-order valence-corrected chi connectivity index (χ0v) is 15.4. The minimum atomic E-state index is 0.165. The molecule has 2 aromatic heterocycles. The van der Waals surface area contributed by atoms with Gasteiger partial charge in [-0.2, -0.15) is 0 Å². The molecular weight excluding hydrogens is 314 g/mol. The van der Waals surface area contributed by atoms with Crippen molar-refractivity contribution in [3.63, 3.8) is 0 Å². The summed E-state index contributed by atoms with van der Waals surface area (Å²) in [6.45, 7) is 8.73. The van der Waals surface area contributed by atoms with E-state index in [4.69, 9.17) is 0 Å². The molecule has 0 N–H and O–H groups in total. The van der Waals surface area contributed by atoms with Crippen molar-refractivity contribution in [1.82, 2.24) is 24.5 Å². The van der Waals surface area contributed by atoms with Gasteiger partial charge in [0.25, 0.3) is 5.91 Å². The molecule has 1 saturated carbocycles. The van der Waals surface area contributed by atoms with E-state index in [2.05, 4.69) is 34.9 Å². The number of nitrogens with zero attached hydrogens (tertiary/aromatic N) is 5. The van der Waals surface area contributed by atoms with Crippen molar-refractivity contribution in [2.24, 2.45) is 0 Å². The number of rotatable bonds is 5. The Balaban J connectivity index is 1.51. The van der Waals surface area contributed by atoms with E-state index >= 15 is 0 Å². The summed E-state index contributed by atoms with van der Waals surface area (Å²) in [7, 11) is 0. The van der Waals surface area contributed by atoms with Gasteiger partial charge in [0.15, 0.2) is 0 Å². The van der Waals surface area contributed by atoms with Crippen molar-refractivity contribution in [2.45, 2.75) is 71.5 Å². The molecule has 6 nitrogen and oxygen atoms in total. The molecule has 0 spiro atoms. The largest absolute Gasteiger partial charge is 0.349 e. The molecule has 6 heteroatoms. The standard InChI is InChI=1S/C19H27N5O/c1-4-23-13(2)10-17(14(23)3)19(25)24-9-5-6-16(24)11-22-12-18(20-21-22)15-7-8-15/h10,12,15-16H,4-9,11H2,1-3H3/t16-/m0/s1. The Bertz CT molecular complexity index is 786. The number of hydrogen-bond donors (Lipinski definition) is 0. The summed E-state index contributed by atoms with van der Waals surface area (Å²) in [4.78, 5) is 15.2. The summed E-state index contributed by atoms with van der Waals surface area (Å²) in [5, 5.41) is 8.58. The number of likely N-dealkylation sites (tertiary alicyclic amines) is 1.